The second-order valence-corrected chi connectivity index (χ2v) is 6.09. The summed E-state index contributed by atoms with van der Waals surface area (Å²) < 4.78 is 0. The van der Waals surface area contributed by atoms with Crippen LogP contribution in [0, 0.1) is 5.41 Å². The minimum Gasteiger partial charge on any atom is -0.289 e. The van der Waals surface area contributed by atoms with Crippen LogP contribution in [-0.4, -0.2) is 5.78 Å². The molecule has 0 N–H and O–H groups in total. The van der Waals surface area contributed by atoms with E-state index in [0.29, 0.717) is 5.78 Å². The van der Waals surface area contributed by atoms with E-state index in [-0.39, 0.29) is 5.41 Å². The SMILES string of the molecule is CCCCCC=C1CCC(=CC(C)(C)C)C1=O. The summed E-state index contributed by atoms with van der Waals surface area (Å²) in [6, 6.07) is 0. The minimum atomic E-state index is 0.114. The summed E-state index contributed by atoms with van der Waals surface area (Å²) in [5.74, 6) is 0.302. The third-order valence-electron chi connectivity index (χ3n) is 3.05. The van der Waals surface area contributed by atoms with Gasteiger partial charge in [-0.15, -0.1) is 0 Å². The van der Waals surface area contributed by atoms with Crippen molar-refractivity contribution < 1.29 is 4.79 Å². The van der Waals surface area contributed by atoms with Crippen LogP contribution >= 0.6 is 0 Å². The number of Topliss-reactive ketones (excluding diaryl/α,β-unsaturated/α-hetero) is 1. The highest BCUT2D eigenvalue weighted by atomic mass is 16.1. The predicted octanol–water partition coefficient (Wildman–Crippen LogP) is 4.83. The molecule has 0 unspecified atom stereocenters. The van der Waals surface area contributed by atoms with Crippen molar-refractivity contribution >= 4 is 5.78 Å². The van der Waals surface area contributed by atoms with Gasteiger partial charge in [0.1, 0.15) is 0 Å². The Morgan fingerprint density at radius 1 is 1.12 bits per heavy atom. The molecule has 0 aliphatic heterocycles. The molecule has 1 nitrogen and oxygen atoms in total. The number of unbranched alkanes of at least 4 members (excludes halogenated alkanes) is 3. The Bertz CT molecular complexity index is 326. The minimum absolute atomic E-state index is 0.114. The molecule has 1 aliphatic carbocycles. The number of rotatable bonds is 4. The molecule has 0 aromatic carbocycles. The van der Waals surface area contributed by atoms with Crippen LogP contribution in [0.2, 0.25) is 0 Å². The van der Waals surface area contributed by atoms with E-state index in [1.54, 1.807) is 0 Å². The van der Waals surface area contributed by atoms with Gasteiger partial charge in [0, 0.05) is 0 Å². The van der Waals surface area contributed by atoms with Gasteiger partial charge in [-0.25, -0.2) is 0 Å². The summed E-state index contributed by atoms with van der Waals surface area (Å²) in [6.07, 6.45) is 11.0. The largest absolute Gasteiger partial charge is 0.289 e. The Balaban J connectivity index is 2.58. The average Bonchev–Trinajstić information content (AvgIpc) is 2.54. The van der Waals surface area contributed by atoms with Crippen LogP contribution in [0.15, 0.2) is 23.3 Å². The van der Waals surface area contributed by atoms with Crippen LogP contribution in [0.4, 0.5) is 0 Å². The Kier molecular flexibility index (Phi) is 5.17. The molecule has 0 aromatic rings. The molecule has 1 saturated carbocycles. The molecule has 0 heterocycles. The lowest BCUT2D eigenvalue weighted by molar-refractivity contribution is -0.111. The van der Waals surface area contributed by atoms with E-state index >= 15 is 0 Å². The van der Waals surface area contributed by atoms with E-state index in [0.717, 1.165) is 30.4 Å². The molecule has 1 heteroatoms. The smallest absolute Gasteiger partial charge is 0.184 e. The number of ketones is 1. The number of allylic oxidation sites excluding steroid dienone is 4. The van der Waals surface area contributed by atoms with Gasteiger partial charge in [-0.05, 0) is 42.2 Å². The monoisotopic (exact) mass is 234 g/mol. The molecule has 0 radical (unpaired) electrons. The number of hydrogen-bond donors (Lipinski definition) is 0. The molecule has 96 valence electrons. The number of hydrogen-bond acceptors (Lipinski definition) is 1. The Morgan fingerprint density at radius 3 is 2.35 bits per heavy atom. The van der Waals surface area contributed by atoms with Crippen LogP contribution < -0.4 is 0 Å². The fraction of sp³-hybridized carbons (Fsp3) is 0.688. The molecule has 0 saturated heterocycles. The molecular formula is C16H26O. The summed E-state index contributed by atoms with van der Waals surface area (Å²) in [5, 5.41) is 0. The average molecular weight is 234 g/mol. The van der Waals surface area contributed by atoms with Crippen LogP contribution in [0.3, 0.4) is 0 Å². The lowest BCUT2D eigenvalue weighted by atomic mass is 9.92. The Hall–Kier alpha value is -0.850. The summed E-state index contributed by atoms with van der Waals surface area (Å²) in [5.41, 5.74) is 2.19. The first-order valence-electron chi connectivity index (χ1n) is 6.89. The lowest BCUT2D eigenvalue weighted by Gasteiger charge is -2.12. The van der Waals surface area contributed by atoms with Crippen LogP contribution in [0.1, 0.15) is 66.2 Å². The molecule has 1 aliphatic rings. The van der Waals surface area contributed by atoms with Crippen molar-refractivity contribution in [1.82, 2.24) is 0 Å². The molecule has 0 bridgehead atoms. The molecule has 1 rings (SSSR count). The first kappa shape index (κ1) is 14.2. The van der Waals surface area contributed by atoms with Gasteiger partial charge in [-0.2, -0.15) is 0 Å². The van der Waals surface area contributed by atoms with Crippen molar-refractivity contribution in [3.05, 3.63) is 23.3 Å². The molecule has 17 heavy (non-hydrogen) atoms. The highest BCUT2D eigenvalue weighted by Crippen LogP contribution is 2.30. The molecular weight excluding hydrogens is 208 g/mol. The van der Waals surface area contributed by atoms with Gasteiger partial charge in [0.15, 0.2) is 5.78 Å². The summed E-state index contributed by atoms with van der Waals surface area (Å²) in [4.78, 5) is 12.1. The number of carbonyl (C=O) groups is 1. The summed E-state index contributed by atoms with van der Waals surface area (Å²) in [6.45, 7) is 8.65. The van der Waals surface area contributed by atoms with Gasteiger partial charge in [0.25, 0.3) is 0 Å². The normalized spacial score (nSPS) is 21.8. The van der Waals surface area contributed by atoms with Crippen LogP contribution in [-0.2, 0) is 4.79 Å². The highest BCUT2D eigenvalue weighted by molar-refractivity contribution is 6.10. The van der Waals surface area contributed by atoms with Crippen LogP contribution in [0.25, 0.3) is 0 Å². The third-order valence-corrected chi connectivity index (χ3v) is 3.05. The van der Waals surface area contributed by atoms with Crippen LogP contribution in [0.5, 0.6) is 0 Å². The van der Waals surface area contributed by atoms with Crippen molar-refractivity contribution in [2.45, 2.75) is 66.2 Å². The topological polar surface area (TPSA) is 17.1 Å². The van der Waals surface area contributed by atoms with E-state index in [2.05, 4.69) is 39.8 Å². The van der Waals surface area contributed by atoms with E-state index in [4.69, 9.17) is 0 Å². The predicted molar refractivity (Wildman–Crippen MR) is 74.0 cm³/mol. The zero-order chi connectivity index (χ0) is 12.9. The maximum absolute atomic E-state index is 12.1. The Labute approximate surface area is 106 Å². The van der Waals surface area contributed by atoms with Crippen molar-refractivity contribution in [3.63, 3.8) is 0 Å². The summed E-state index contributed by atoms with van der Waals surface area (Å²) in [7, 11) is 0. The highest BCUT2D eigenvalue weighted by Gasteiger charge is 2.24. The van der Waals surface area contributed by atoms with E-state index in [1.807, 2.05) is 0 Å². The first-order chi connectivity index (χ1) is 7.94. The molecule has 0 spiro atoms. The van der Waals surface area contributed by atoms with Gasteiger partial charge in [-0.1, -0.05) is 52.7 Å². The van der Waals surface area contributed by atoms with Gasteiger partial charge in [-0.3, -0.25) is 4.79 Å². The zero-order valence-electron chi connectivity index (χ0n) is 11.8. The quantitative estimate of drug-likeness (QED) is 0.503. The maximum atomic E-state index is 12.1. The van der Waals surface area contributed by atoms with E-state index in [1.165, 1.54) is 19.3 Å². The van der Waals surface area contributed by atoms with Gasteiger partial charge < -0.3 is 0 Å². The van der Waals surface area contributed by atoms with E-state index in [9.17, 15) is 4.79 Å². The van der Waals surface area contributed by atoms with Crippen molar-refractivity contribution in [1.29, 1.82) is 0 Å². The second kappa shape index (κ2) is 6.18. The van der Waals surface area contributed by atoms with Gasteiger partial charge in [0.2, 0.25) is 0 Å². The van der Waals surface area contributed by atoms with E-state index < -0.39 is 0 Å². The fourth-order valence-corrected chi connectivity index (χ4v) is 2.23. The fourth-order valence-electron chi connectivity index (χ4n) is 2.23. The van der Waals surface area contributed by atoms with Gasteiger partial charge >= 0.3 is 0 Å². The van der Waals surface area contributed by atoms with Crippen molar-refractivity contribution in [3.8, 4) is 0 Å². The zero-order valence-corrected chi connectivity index (χ0v) is 11.8. The van der Waals surface area contributed by atoms with Gasteiger partial charge in [0.05, 0.1) is 0 Å². The molecule has 1 fully saturated rings. The lowest BCUT2D eigenvalue weighted by Crippen LogP contribution is -2.04. The Morgan fingerprint density at radius 2 is 1.76 bits per heavy atom. The summed E-state index contributed by atoms with van der Waals surface area (Å²) >= 11 is 0. The molecule has 0 atom stereocenters. The molecule has 0 amide bonds. The van der Waals surface area contributed by atoms with Crippen molar-refractivity contribution in [2.75, 3.05) is 0 Å². The first-order valence-corrected chi connectivity index (χ1v) is 6.89. The number of carbonyl (C=O) groups excluding carboxylic acids is 1. The maximum Gasteiger partial charge on any atom is 0.184 e. The molecule has 0 aromatic heterocycles. The standard InChI is InChI=1S/C16H26O/c1-5-6-7-8-9-13-10-11-14(15(13)17)12-16(2,3)4/h9,12H,5-8,10-11H2,1-4H3. The second-order valence-electron chi connectivity index (χ2n) is 6.09. The van der Waals surface area contributed by atoms with Crippen molar-refractivity contribution in [2.24, 2.45) is 5.41 Å². The third kappa shape index (κ3) is 4.89.